The minimum atomic E-state index is -1.73. The minimum absolute atomic E-state index is 0.159. The van der Waals surface area contributed by atoms with Crippen molar-refractivity contribution >= 4 is 35.0 Å². The van der Waals surface area contributed by atoms with Crippen LogP contribution in [-0.2, 0) is 9.47 Å². The van der Waals surface area contributed by atoms with Crippen LogP contribution in [0.15, 0.2) is 48.5 Å². The van der Waals surface area contributed by atoms with E-state index in [1.807, 2.05) is 0 Å². The first-order chi connectivity index (χ1) is 21.4. The number of hydrogen-bond donors (Lipinski definition) is 8. The van der Waals surface area contributed by atoms with Gasteiger partial charge in [-0.05, 0) is 12.1 Å². The molecule has 2 heterocycles. The van der Waals surface area contributed by atoms with Gasteiger partial charge in [-0.1, -0.05) is 23.9 Å². The highest BCUT2D eigenvalue weighted by Crippen LogP contribution is 2.37. The molecule has 4 rings (SSSR count). The standard InChI is InChI=1S/C26H30N4O14S/c31-9-15-19(33)17(27-23(37)11-3-1-5-13(7-11)29(39)40)21(35)25(43-15)45-26-22(36)18(20(34)16(10-32)44-26)28-24(38)12-4-2-6-14(8-12)30(41)42/h1-8,15-22,25-26,31-36H,9-10H2,(H,27,37)(H,28,38)/t15-,16-,17-,18-,19+,20+,21-,22-,25+,26+/m1/s1. The predicted octanol–water partition coefficient (Wildman–Crippen LogP) is -1.99. The van der Waals surface area contributed by atoms with Crippen LogP contribution >= 0.6 is 11.8 Å². The number of ether oxygens (including phenoxy) is 2. The van der Waals surface area contributed by atoms with Crippen LogP contribution < -0.4 is 10.6 Å². The number of non-ortho nitro benzene ring substituents is 2. The van der Waals surface area contributed by atoms with E-state index < -0.39 is 94.5 Å². The van der Waals surface area contributed by atoms with Gasteiger partial charge in [-0.15, -0.1) is 0 Å². The Morgan fingerprint density at radius 1 is 0.711 bits per heavy atom. The number of hydrogen-bond acceptors (Lipinski definition) is 15. The van der Waals surface area contributed by atoms with Gasteiger partial charge in [-0.2, -0.15) is 0 Å². The van der Waals surface area contributed by atoms with Crippen molar-refractivity contribution < 1.29 is 59.5 Å². The van der Waals surface area contributed by atoms with E-state index in [2.05, 4.69) is 10.6 Å². The Kier molecular flexibility index (Phi) is 11.0. The fraction of sp³-hybridized carbons (Fsp3) is 0.462. The van der Waals surface area contributed by atoms with Crippen molar-refractivity contribution in [2.24, 2.45) is 0 Å². The Morgan fingerprint density at radius 2 is 1.09 bits per heavy atom. The highest BCUT2D eigenvalue weighted by molar-refractivity contribution is 8.00. The molecule has 2 aliphatic heterocycles. The van der Waals surface area contributed by atoms with E-state index in [1.54, 1.807) is 0 Å². The second kappa shape index (κ2) is 14.5. The molecule has 0 radical (unpaired) electrons. The highest BCUT2D eigenvalue weighted by Gasteiger charge is 2.50. The third kappa shape index (κ3) is 7.54. The van der Waals surface area contributed by atoms with E-state index in [0.29, 0.717) is 11.8 Å². The summed E-state index contributed by atoms with van der Waals surface area (Å²) in [4.78, 5) is 46.6. The zero-order chi connectivity index (χ0) is 33.0. The number of nitrogens with one attached hydrogen (secondary N) is 2. The molecule has 8 N–H and O–H groups in total. The molecule has 0 aliphatic carbocycles. The average Bonchev–Trinajstić information content (AvgIpc) is 3.03. The molecule has 2 aliphatic rings. The van der Waals surface area contributed by atoms with Gasteiger partial charge in [0, 0.05) is 35.4 Å². The molecule has 2 aromatic rings. The average molecular weight is 655 g/mol. The van der Waals surface area contributed by atoms with E-state index in [-0.39, 0.29) is 22.5 Å². The van der Waals surface area contributed by atoms with Gasteiger partial charge in [0.1, 0.15) is 47.5 Å². The lowest BCUT2D eigenvalue weighted by Crippen LogP contribution is -2.66. The van der Waals surface area contributed by atoms with Crippen molar-refractivity contribution in [1.82, 2.24) is 10.6 Å². The van der Waals surface area contributed by atoms with Gasteiger partial charge in [-0.25, -0.2) is 0 Å². The fourth-order valence-corrected chi connectivity index (χ4v) is 6.20. The molecule has 45 heavy (non-hydrogen) atoms. The zero-order valence-corrected chi connectivity index (χ0v) is 23.9. The Hall–Kier alpha value is -3.79. The second-order valence-electron chi connectivity index (χ2n) is 10.2. The lowest BCUT2D eigenvalue weighted by atomic mass is 9.96. The quantitative estimate of drug-likeness (QED) is 0.102. The molecule has 0 unspecified atom stereocenters. The monoisotopic (exact) mass is 654 g/mol. The number of carbonyl (C=O) groups excluding carboxylic acids is 2. The Labute approximate surface area is 257 Å². The summed E-state index contributed by atoms with van der Waals surface area (Å²) in [6.07, 6.45) is -9.52. The van der Waals surface area contributed by atoms with Gasteiger partial charge < -0.3 is 50.7 Å². The number of rotatable bonds is 10. The number of amides is 2. The Bertz CT molecular complexity index is 1310. The predicted molar refractivity (Wildman–Crippen MR) is 152 cm³/mol. The molecule has 0 spiro atoms. The molecule has 18 nitrogen and oxygen atoms in total. The lowest BCUT2D eigenvalue weighted by molar-refractivity contribution is -0.385. The number of nitrogens with zero attached hydrogens (tertiary/aromatic N) is 2. The molecule has 2 fully saturated rings. The van der Waals surface area contributed by atoms with Gasteiger partial charge in [0.25, 0.3) is 23.2 Å². The summed E-state index contributed by atoms with van der Waals surface area (Å²) in [6, 6.07) is 6.37. The summed E-state index contributed by atoms with van der Waals surface area (Å²) in [6.45, 7) is -1.55. The fourth-order valence-electron chi connectivity index (χ4n) is 4.86. The number of aliphatic hydroxyl groups is 6. The topological polar surface area (TPSA) is 284 Å². The van der Waals surface area contributed by atoms with Crippen LogP contribution in [0, 0.1) is 20.2 Å². The summed E-state index contributed by atoms with van der Waals surface area (Å²) in [5.74, 6) is -1.80. The first-order valence-corrected chi connectivity index (χ1v) is 14.3. The van der Waals surface area contributed by atoms with Crippen molar-refractivity contribution in [3.05, 3.63) is 79.9 Å². The van der Waals surface area contributed by atoms with Crippen molar-refractivity contribution in [3.8, 4) is 0 Å². The van der Waals surface area contributed by atoms with Crippen molar-refractivity contribution in [2.75, 3.05) is 13.2 Å². The van der Waals surface area contributed by atoms with Gasteiger partial charge >= 0.3 is 0 Å². The molecule has 0 aromatic heterocycles. The second-order valence-corrected chi connectivity index (χ2v) is 11.4. The molecule has 10 atom stereocenters. The highest BCUT2D eigenvalue weighted by atomic mass is 32.2. The van der Waals surface area contributed by atoms with Crippen molar-refractivity contribution in [2.45, 2.75) is 59.6 Å². The molecular formula is C26H30N4O14S. The SMILES string of the molecule is O=C(N[C@@H]1[C@@H](O)[C@@H](CO)O[C@@H](S[C@@H]2O[C@H](CO)[C@H](O)[C@@H](NC(=O)c3cccc([N+](=O)[O-])c3)[C@H]2O)[C@@H]1O)c1cccc([N+](=O)[O-])c1. The normalized spacial score (nSPS) is 31.5. The maximum atomic E-state index is 12.9. The molecule has 2 amide bonds. The molecule has 2 aromatic carbocycles. The molecular weight excluding hydrogens is 624 g/mol. The summed E-state index contributed by atoms with van der Waals surface area (Å²) in [5, 5.41) is 90.2. The maximum Gasteiger partial charge on any atom is 0.270 e. The molecule has 2 saturated heterocycles. The van der Waals surface area contributed by atoms with Crippen LogP contribution in [0.3, 0.4) is 0 Å². The van der Waals surface area contributed by atoms with Crippen LogP contribution in [-0.4, -0.2) is 125 Å². The number of nitro groups is 2. The van der Waals surface area contributed by atoms with E-state index in [9.17, 15) is 60.5 Å². The number of nitro benzene ring substituents is 2. The Balaban J connectivity index is 1.52. The number of carbonyl (C=O) groups is 2. The summed E-state index contributed by atoms with van der Waals surface area (Å²) in [7, 11) is 0. The van der Waals surface area contributed by atoms with Gasteiger partial charge in [0.05, 0.1) is 35.1 Å². The number of aliphatic hydroxyl groups excluding tert-OH is 6. The van der Waals surface area contributed by atoms with E-state index in [1.165, 1.54) is 24.3 Å². The van der Waals surface area contributed by atoms with Gasteiger partial charge in [0.2, 0.25) is 0 Å². The van der Waals surface area contributed by atoms with Crippen molar-refractivity contribution in [1.29, 1.82) is 0 Å². The minimum Gasteiger partial charge on any atom is -0.394 e. The molecule has 244 valence electrons. The van der Waals surface area contributed by atoms with Gasteiger partial charge in [-0.3, -0.25) is 29.8 Å². The molecule has 19 heteroatoms. The summed E-state index contributed by atoms with van der Waals surface area (Å²) in [5.41, 5.74) is -3.94. The van der Waals surface area contributed by atoms with Crippen molar-refractivity contribution in [3.63, 3.8) is 0 Å². The largest absolute Gasteiger partial charge is 0.394 e. The smallest absolute Gasteiger partial charge is 0.270 e. The van der Waals surface area contributed by atoms with Crippen LogP contribution in [0.25, 0.3) is 0 Å². The first-order valence-electron chi connectivity index (χ1n) is 13.4. The van der Waals surface area contributed by atoms with Crippen LogP contribution in [0.1, 0.15) is 20.7 Å². The zero-order valence-electron chi connectivity index (χ0n) is 23.1. The van der Waals surface area contributed by atoms with Crippen LogP contribution in [0.2, 0.25) is 0 Å². The summed E-state index contributed by atoms with van der Waals surface area (Å²) >= 11 is 0.596. The molecule has 0 saturated carbocycles. The summed E-state index contributed by atoms with van der Waals surface area (Å²) < 4.78 is 11.2. The Morgan fingerprint density at radius 3 is 1.42 bits per heavy atom. The maximum absolute atomic E-state index is 12.9. The third-order valence-electron chi connectivity index (χ3n) is 7.27. The lowest BCUT2D eigenvalue weighted by Gasteiger charge is -2.46. The molecule has 0 bridgehead atoms. The number of thioether (sulfide) groups is 1. The van der Waals surface area contributed by atoms with E-state index in [4.69, 9.17) is 9.47 Å². The number of benzene rings is 2. The van der Waals surface area contributed by atoms with Crippen LogP contribution in [0.4, 0.5) is 11.4 Å². The third-order valence-corrected chi connectivity index (χ3v) is 8.59. The first kappa shape index (κ1) is 34.1. The van der Waals surface area contributed by atoms with E-state index in [0.717, 1.165) is 24.3 Å². The van der Waals surface area contributed by atoms with Gasteiger partial charge in [0.15, 0.2) is 0 Å². The van der Waals surface area contributed by atoms with Crippen LogP contribution in [0.5, 0.6) is 0 Å². The van der Waals surface area contributed by atoms with E-state index >= 15 is 0 Å².